The number of primary amides is 1. The van der Waals surface area contributed by atoms with Gasteiger partial charge in [0.05, 0.1) is 18.8 Å². The molecule has 24 heavy (non-hydrogen) atoms. The average molecular weight is 390 g/mol. The van der Waals surface area contributed by atoms with Crippen molar-refractivity contribution in [3.05, 3.63) is 69.2 Å². The number of amides is 1. The lowest BCUT2D eigenvalue weighted by atomic mass is 10.0. The molecular weight excluding hydrogens is 374 g/mol. The number of hydrogen-bond donors (Lipinski definition) is 1. The van der Waals surface area contributed by atoms with Crippen molar-refractivity contribution in [3.63, 3.8) is 0 Å². The van der Waals surface area contributed by atoms with Crippen molar-refractivity contribution in [3.8, 4) is 0 Å². The van der Waals surface area contributed by atoms with Gasteiger partial charge in [-0.1, -0.05) is 34.1 Å². The predicted molar refractivity (Wildman–Crippen MR) is 91.3 cm³/mol. The number of halogens is 1. The van der Waals surface area contributed by atoms with Gasteiger partial charge in [-0.25, -0.2) is 4.79 Å². The number of nitrogens with two attached hydrogens (primary N) is 1. The van der Waals surface area contributed by atoms with Crippen molar-refractivity contribution in [2.75, 3.05) is 6.61 Å². The third-order valence-electron chi connectivity index (χ3n) is 3.85. The number of ether oxygens (including phenoxy) is 2. The standard InChI is InChI=1S/C18H16BrNO4/c19-15-3-1-2-12(9-15)16(17(20)21)24-18(22)13-5-4-11-6-7-23-10-14(11)8-13/h1-5,8-9,16H,6-7,10H2,(H2,20,21). The smallest absolute Gasteiger partial charge is 0.339 e. The molecule has 0 bridgehead atoms. The first-order chi connectivity index (χ1) is 11.5. The van der Waals surface area contributed by atoms with Crippen molar-refractivity contribution in [1.82, 2.24) is 0 Å². The molecule has 0 fully saturated rings. The third kappa shape index (κ3) is 3.66. The van der Waals surface area contributed by atoms with Crippen LogP contribution in [0.4, 0.5) is 0 Å². The maximum absolute atomic E-state index is 12.4. The maximum Gasteiger partial charge on any atom is 0.339 e. The number of hydrogen-bond acceptors (Lipinski definition) is 4. The molecule has 2 N–H and O–H groups in total. The molecule has 0 aliphatic carbocycles. The van der Waals surface area contributed by atoms with Crippen LogP contribution >= 0.6 is 15.9 Å². The van der Waals surface area contributed by atoms with E-state index in [1.807, 2.05) is 12.1 Å². The molecule has 0 spiro atoms. The highest BCUT2D eigenvalue weighted by Crippen LogP contribution is 2.24. The second-order valence-corrected chi connectivity index (χ2v) is 6.44. The zero-order valence-electron chi connectivity index (χ0n) is 12.8. The van der Waals surface area contributed by atoms with E-state index in [0.717, 1.165) is 22.0 Å². The molecule has 1 atom stereocenters. The summed E-state index contributed by atoms with van der Waals surface area (Å²) < 4.78 is 11.5. The van der Waals surface area contributed by atoms with Crippen LogP contribution in [0.25, 0.3) is 0 Å². The summed E-state index contributed by atoms with van der Waals surface area (Å²) in [5.41, 5.74) is 8.43. The second kappa shape index (κ2) is 7.15. The van der Waals surface area contributed by atoms with Gasteiger partial charge in [0.15, 0.2) is 0 Å². The Morgan fingerprint density at radius 3 is 2.75 bits per heavy atom. The Labute approximate surface area is 147 Å². The van der Waals surface area contributed by atoms with Crippen LogP contribution in [-0.2, 0) is 27.3 Å². The highest BCUT2D eigenvalue weighted by Gasteiger charge is 2.24. The molecule has 0 radical (unpaired) electrons. The predicted octanol–water partition coefficient (Wildman–Crippen LogP) is 2.91. The van der Waals surface area contributed by atoms with Gasteiger partial charge in [-0.15, -0.1) is 0 Å². The van der Waals surface area contributed by atoms with Gasteiger partial charge in [0.2, 0.25) is 6.10 Å². The summed E-state index contributed by atoms with van der Waals surface area (Å²) in [4.78, 5) is 24.1. The molecule has 1 unspecified atom stereocenters. The first kappa shape index (κ1) is 16.7. The molecule has 1 aliphatic heterocycles. The fourth-order valence-electron chi connectivity index (χ4n) is 2.63. The van der Waals surface area contributed by atoms with Crippen LogP contribution < -0.4 is 5.73 Å². The molecule has 2 aromatic rings. The summed E-state index contributed by atoms with van der Waals surface area (Å²) in [7, 11) is 0. The Morgan fingerprint density at radius 1 is 1.17 bits per heavy atom. The van der Waals surface area contributed by atoms with Crippen molar-refractivity contribution in [2.24, 2.45) is 5.73 Å². The van der Waals surface area contributed by atoms with Gasteiger partial charge in [-0.3, -0.25) is 4.79 Å². The molecule has 3 rings (SSSR count). The molecule has 1 heterocycles. The van der Waals surface area contributed by atoms with E-state index < -0.39 is 18.0 Å². The Kier molecular flexibility index (Phi) is 4.97. The Balaban J connectivity index is 1.82. The molecule has 6 heteroatoms. The number of esters is 1. The summed E-state index contributed by atoms with van der Waals surface area (Å²) in [5.74, 6) is -1.31. The maximum atomic E-state index is 12.4. The van der Waals surface area contributed by atoms with Gasteiger partial charge in [-0.2, -0.15) is 0 Å². The number of benzene rings is 2. The van der Waals surface area contributed by atoms with Gasteiger partial charge < -0.3 is 15.2 Å². The molecule has 1 amide bonds. The average Bonchev–Trinajstić information content (AvgIpc) is 2.58. The fourth-order valence-corrected chi connectivity index (χ4v) is 3.05. The minimum atomic E-state index is -1.14. The van der Waals surface area contributed by atoms with Crippen molar-refractivity contribution < 1.29 is 19.1 Å². The van der Waals surface area contributed by atoms with E-state index in [1.54, 1.807) is 30.3 Å². The van der Waals surface area contributed by atoms with Crippen molar-refractivity contribution >= 4 is 27.8 Å². The lowest BCUT2D eigenvalue weighted by Gasteiger charge is -2.18. The van der Waals surface area contributed by atoms with Crippen LogP contribution in [0.2, 0.25) is 0 Å². The molecule has 124 valence electrons. The molecule has 2 aromatic carbocycles. The molecule has 0 aromatic heterocycles. The fraction of sp³-hybridized carbons (Fsp3) is 0.222. The third-order valence-corrected chi connectivity index (χ3v) is 4.34. The van der Waals surface area contributed by atoms with Crippen LogP contribution in [0.5, 0.6) is 0 Å². The molecular formula is C18H16BrNO4. The summed E-state index contributed by atoms with van der Waals surface area (Å²) in [6.45, 7) is 1.16. The molecule has 5 nitrogen and oxygen atoms in total. The lowest BCUT2D eigenvalue weighted by molar-refractivity contribution is -0.127. The molecule has 0 saturated carbocycles. The van der Waals surface area contributed by atoms with E-state index in [1.165, 1.54) is 0 Å². The van der Waals surface area contributed by atoms with Crippen molar-refractivity contribution in [1.29, 1.82) is 0 Å². The zero-order valence-corrected chi connectivity index (χ0v) is 14.4. The van der Waals surface area contributed by atoms with Crippen LogP contribution in [0.1, 0.15) is 33.2 Å². The molecule has 0 saturated heterocycles. The number of carbonyl (C=O) groups excluding carboxylic acids is 2. The summed E-state index contributed by atoms with van der Waals surface area (Å²) in [6.07, 6.45) is -0.311. The van der Waals surface area contributed by atoms with E-state index in [-0.39, 0.29) is 0 Å². The normalized spacial score (nSPS) is 14.5. The SMILES string of the molecule is NC(=O)C(OC(=O)c1ccc2c(c1)COCC2)c1cccc(Br)c1. The van der Waals surface area contributed by atoms with E-state index in [2.05, 4.69) is 15.9 Å². The number of rotatable bonds is 4. The number of fused-ring (bicyclic) bond motifs is 1. The monoisotopic (exact) mass is 389 g/mol. The summed E-state index contributed by atoms with van der Waals surface area (Å²) in [5, 5.41) is 0. The molecule has 1 aliphatic rings. The van der Waals surface area contributed by atoms with E-state index in [0.29, 0.717) is 24.3 Å². The number of carbonyl (C=O) groups is 2. The van der Waals surface area contributed by atoms with Gasteiger partial charge in [0.25, 0.3) is 5.91 Å². The quantitative estimate of drug-likeness (QED) is 0.815. The van der Waals surface area contributed by atoms with Crippen molar-refractivity contribution in [2.45, 2.75) is 19.1 Å². The van der Waals surface area contributed by atoms with E-state index in [9.17, 15) is 9.59 Å². The minimum absolute atomic E-state index is 0.375. The summed E-state index contributed by atoms with van der Waals surface area (Å²) >= 11 is 3.33. The highest BCUT2D eigenvalue weighted by atomic mass is 79.9. The van der Waals surface area contributed by atoms with Gasteiger partial charge in [-0.05, 0) is 41.8 Å². The Morgan fingerprint density at radius 2 is 2.00 bits per heavy atom. The van der Waals surface area contributed by atoms with Crippen LogP contribution in [0.3, 0.4) is 0 Å². The van der Waals surface area contributed by atoms with E-state index >= 15 is 0 Å². The zero-order chi connectivity index (χ0) is 17.1. The largest absolute Gasteiger partial charge is 0.444 e. The van der Waals surface area contributed by atoms with Crippen LogP contribution in [0, 0.1) is 0 Å². The summed E-state index contributed by atoms with van der Waals surface area (Å²) in [6, 6.07) is 12.3. The lowest BCUT2D eigenvalue weighted by Crippen LogP contribution is -2.26. The Hall–Kier alpha value is -2.18. The van der Waals surface area contributed by atoms with E-state index in [4.69, 9.17) is 15.2 Å². The first-order valence-corrected chi connectivity index (χ1v) is 8.29. The van der Waals surface area contributed by atoms with Gasteiger partial charge in [0.1, 0.15) is 0 Å². The van der Waals surface area contributed by atoms with Gasteiger partial charge >= 0.3 is 5.97 Å². The Bertz CT molecular complexity index is 790. The van der Waals surface area contributed by atoms with Crippen LogP contribution in [-0.4, -0.2) is 18.5 Å². The minimum Gasteiger partial charge on any atom is -0.444 e. The van der Waals surface area contributed by atoms with Gasteiger partial charge in [0, 0.05) is 10.0 Å². The second-order valence-electron chi connectivity index (χ2n) is 5.53. The first-order valence-electron chi connectivity index (χ1n) is 7.50. The van der Waals surface area contributed by atoms with Crippen LogP contribution in [0.15, 0.2) is 46.9 Å². The highest BCUT2D eigenvalue weighted by molar-refractivity contribution is 9.10. The topological polar surface area (TPSA) is 78.6 Å².